The normalized spacial score (nSPS) is 49.8. The number of carbonyl (C=O) groups is 1. The third kappa shape index (κ3) is 1.00. The number of rotatable bonds is 0. The monoisotopic (exact) mass is 154 g/mol. The molecule has 0 aromatic heterocycles. The van der Waals surface area contributed by atoms with Crippen molar-refractivity contribution in [3.8, 4) is 0 Å². The van der Waals surface area contributed by atoms with Gasteiger partial charge in [0, 0.05) is 12.8 Å². The third-order valence-corrected chi connectivity index (χ3v) is 3.32. The van der Waals surface area contributed by atoms with Crippen LogP contribution >= 0.6 is 0 Å². The highest BCUT2D eigenvalue weighted by atomic mass is 16.3. The summed E-state index contributed by atoms with van der Waals surface area (Å²) in [4.78, 5) is 11.1. The van der Waals surface area contributed by atoms with Crippen LogP contribution in [0.2, 0.25) is 0 Å². The number of ketones is 1. The van der Waals surface area contributed by atoms with Crippen molar-refractivity contribution < 1.29 is 9.90 Å². The van der Waals surface area contributed by atoms with E-state index in [9.17, 15) is 9.90 Å². The largest absolute Gasteiger partial charge is 0.393 e. The Bertz CT molecular complexity index is 200. The molecule has 2 saturated carbocycles. The first kappa shape index (κ1) is 7.29. The lowest BCUT2D eigenvalue weighted by Crippen LogP contribution is -2.15. The van der Waals surface area contributed by atoms with Crippen molar-refractivity contribution in [1.29, 1.82) is 0 Å². The second-order valence-electron chi connectivity index (χ2n) is 4.36. The summed E-state index contributed by atoms with van der Waals surface area (Å²) in [5, 5.41) is 9.38. The average Bonchev–Trinajstić information content (AvgIpc) is 2.16. The zero-order chi connectivity index (χ0) is 8.06. The van der Waals surface area contributed by atoms with E-state index in [1.807, 2.05) is 0 Å². The molecule has 2 rings (SSSR count). The van der Waals surface area contributed by atoms with Crippen molar-refractivity contribution in [3.63, 3.8) is 0 Å². The SMILES string of the molecule is C[C@]12CC(=O)C[C@H]1CC(O)C2. The van der Waals surface area contributed by atoms with Gasteiger partial charge in [0.1, 0.15) is 5.78 Å². The lowest BCUT2D eigenvalue weighted by molar-refractivity contribution is -0.118. The quantitative estimate of drug-likeness (QED) is 0.568. The van der Waals surface area contributed by atoms with Gasteiger partial charge >= 0.3 is 0 Å². The maximum Gasteiger partial charge on any atom is 0.133 e. The lowest BCUT2D eigenvalue weighted by atomic mass is 9.83. The van der Waals surface area contributed by atoms with Crippen molar-refractivity contribution in [1.82, 2.24) is 0 Å². The fourth-order valence-corrected chi connectivity index (χ4v) is 2.74. The molecule has 0 aromatic rings. The summed E-state index contributed by atoms with van der Waals surface area (Å²) in [6, 6.07) is 0. The van der Waals surface area contributed by atoms with Crippen LogP contribution in [-0.4, -0.2) is 17.0 Å². The molecule has 0 bridgehead atoms. The van der Waals surface area contributed by atoms with Gasteiger partial charge in [-0.15, -0.1) is 0 Å². The first-order chi connectivity index (χ1) is 5.10. The van der Waals surface area contributed by atoms with E-state index in [4.69, 9.17) is 0 Å². The van der Waals surface area contributed by atoms with E-state index >= 15 is 0 Å². The highest BCUT2D eigenvalue weighted by Gasteiger charge is 2.49. The highest BCUT2D eigenvalue weighted by molar-refractivity contribution is 5.82. The lowest BCUT2D eigenvalue weighted by Gasteiger charge is -2.21. The Morgan fingerprint density at radius 2 is 2.36 bits per heavy atom. The zero-order valence-electron chi connectivity index (χ0n) is 6.84. The van der Waals surface area contributed by atoms with E-state index in [0.717, 1.165) is 12.8 Å². The molecule has 0 amide bonds. The molecule has 2 fully saturated rings. The number of aliphatic hydroxyl groups excluding tert-OH is 1. The van der Waals surface area contributed by atoms with Gasteiger partial charge in [-0.1, -0.05) is 6.92 Å². The van der Waals surface area contributed by atoms with E-state index in [1.54, 1.807) is 0 Å². The average molecular weight is 154 g/mol. The summed E-state index contributed by atoms with van der Waals surface area (Å²) in [6.45, 7) is 2.14. The smallest absolute Gasteiger partial charge is 0.133 e. The third-order valence-electron chi connectivity index (χ3n) is 3.32. The van der Waals surface area contributed by atoms with Crippen LogP contribution < -0.4 is 0 Å². The molecule has 62 valence electrons. The number of hydrogen-bond acceptors (Lipinski definition) is 2. The molecule has 0 heterocycles. The summed E-state index contributed by atoms with van der Waals surface area (Å²) < 4.78 is 0. The van der Waals surface area contributed by atoms with Crippen LogP contribution in [0.4, 0.5) is 0 Å². The molecule has 0 aromatic carbocycles. The molecule has 0 aliphatic heterocycles. The summed E-state index contributed by atoms with van der Waals surface area (Å²) >= 11 is 0. The Morgan fingerprint density at radius 3 is 3.00 bits per heavy atom. The molecule has 2 heteroatoms. The fraction of sp³-hybridized carbons (Fsp3) is 0.889. The molecule has 2 aliphatic carbocycles. The van der Waals surface area contributed by atoms with Crippen LogP contribution in [0.5, 0.6) is 0 Å². The standard InChI is InChI=1S/C9H14O2/c1-9-4-7(10)2-6(9)3-8(11)5-9/h6-7,10H,2-5H2,1H3/t6-,7?,9+/m1/s1. The predicted octanol–water partition coefficient (Wildman–Crippen LogP) is 1.13. The number of fused-ring (bicyclic) bond motifs is 1. The Balaban J connectivity index is 2.19. The van der Waals surface area contributed by atoms with Gasteiger partial charge in [-0.3, -0.25) is 4.79 Å². The molecule has 11 heavy (non-hydrogen) atoms. The van der Waals surface area contributed by atoms with Crippen molar-refractivity contribution >= 4 is 5.78 Å². The Kier molecular flexibility index (Phi) is 1.37. The second-order valence-corrected chi connectivity index (χ2v) is 4.36. The van der Waals surface area contributed by atoms with E-state index < -0.39 is 0 Å². The van der Waals surface area contributed by atoms with Gasteiger partial charge in [0.25, 0.3) is 0 Å². The Labute approximate surface area is 66.6 Å². The molecule has 3 atom stereocenters. The summed E-state index contributed by atoms with van der Waals surface area (Å²) in [5.41, 5.74) is 0.149. The number of carbonyl (C=O) groups excluding carboxylic acids is 1. The predicted molar refractivity (Wildman–Crippen MR) is 41.1 cm³/mol. The zero-order valence-corrected chi connectivity index (χ0v) is 6.84. The molecule has 1 N–H and O–H groups in total. The van der Waals surface area contributed by atoms with Crippen LogP contribution in [-0.2, 0) is 4.79 Å². The Hall–Kier alpha value is -0.370. The molecular formula is C9H14O2. The van der Waals surface area contributed by atoms with E-state index in [-0.39, 0.29) is 11.5 Å². The minimum atomic E-state index is -0.141. The molecule has 1 unspecified atom stereocenters. The molecular weight excluding hydrogens is 140 g/mol. The summed E-state index contributed by atoms with van der Waals surface area (Å²) in [5.74, 6) is 0.870. The van der Waals surface area contributed by atoms with Gasteiger partial charge in [0.05, 0.1) is 6.10 Å². The Morgan fingerprint density at radius 1 is 1.64 bits per heavy atom. The topological polar surface area (TPSA) is 37.3 Å². The maximum atomic E-state index is 11.1. The first-order valence-electron chi connectivity index (χ1n) is 4.30. The van der Waals surface area contributed by atoms with Gasteiger partial charge in [-0.05, 0) is 24.2 Å². The maximum absolute atomic E-state index is 11.1. The van der Waals surface area contributed by atoms with Gasteiger partial charge < -0.3 is 5.11 Å². The van der Waals surface area contributed by atoms with E-state index in [1.165, 1.54) is 0 Å². The second kappa shape index (κ2) is 2.07. The van der Waals surface area contributed by atoms with Crippen molar-refractivity contribution in [3.05, 3.63) is 0 Å². The first-order valence-corrected chi connectivity index (χ1v) is 4.30. The van der Waals surface area contributed by atoms with Crippen molar-refractivity contribution in [2.75, 3.05) is 0 Å². The minimum absolute atomic E-state index is 0.141. The molecule has 2 aliphatic rings. The number of hydrogen-bond donors (Lipinski definition) is 1. The van der Waals surface area contributed by atoms with Gasteiger partial charge in [0.15, 0.2) is 0 Å². The van der Waals surface area contributed by atoms with Gasteiger partial charge in [0.2, 0.25) is 0 Å². The molecule has 2 nitrogen and oxygen atoms in total. The van der Waals surface area contributed by atoms with Crippen molar-refractivity contribution in [2.24, 2.45) is 11.3 Å². The number of Topliss-reactive ketones (excluding diaryl/α,β-unsaturated/α-hetero) is 1. The minimum Gasteiger partial charge on any atom is -0.393 e. The van der Waals surface area contributed by atoms with Crippen LogP contribution in [0, 0.1) is 11.3 Å². The van der Waals surface area contributed by atoms with Crippen LogP contribution in [0.3, 0.4) is 0 Å². The summed E-state index contributed by atoms with van der Waals surface area (Å²) in [6.07, 6.45) is 2.96. The van der Waals surface area contributed by atoms with Crippen LogP contribution in [0.25, 0.3) is 0 Å². The van der Waals surface area contributed by atoms with Gasteiger partial charge in [-0.2, -0.15) is 0 Å². The highest BCUT2D eigenvalue weighted by Crippen LogP contribution is 2.52. The van der Waals surface area contributed by atoms with Crippen LogP contribution in [0.1, 0.15) is 32.6 Å². The van der Waals surface area contributed by atoms with Gasteiger partial charge in [-0.25, -0.2) is 0 Å². The van der Waals surface area contributed by atoms with Crippen LogP contribution in [0.15, 0.2) is 0 Å². The summed E-state index contributed by atoms with van der Waals surface area (Å²) in [7, 11) is 0. The number of aliphatic hydroxyl groups is 1. The molecule has 0 radical (unpaired) electrons. The fourth-order valence-electron chi connectivity index (χ4n) is 2.74. The molecule has 0 spiro atoms. The molecule has 0 saturated heterocycles. The van der Waals surface area contributed by atoms with Crippen molar-refractivity contribution in [2.45, 2.75) is 38.7 Å². The van der Waals surface area contributed by atoms with E-state index in [0.29, 0.717) is 24.5 Å². The van der Waals surface area contributed by atoms with E-state index in [2.05, 4.69) is 6.92 Å².